The van der Waals surface area contributed by atoms with Crippen LogP contribution in [0.5, 0.6) is 0 Å². The molecule has 0 fully saturated rings. The van der Waals surface area contributed by atoms with Crippen LogP contribution in [0.3, 0.4) is 0 Å². The van der Waals surface area contributed by atoms with Crippen molar-refractivity contribution in [3.05, 3.63) is 77.2 Å². The maximum atomic E-state index is 12.5. The van der Waals surface area contributed by atoms with Gasteiger partial charge in [0.25, 0.3) is 15.9 Å². The van der Waals surface area contributed by atoms with Gasteiger partial charge in [0.1, 0.15) is 4.21 Å². The number of hydrogen-bond acceptors (Lipinski definition) is 7. The molecule has 0 saturated carbocycles. The summed E-state index contributed by atoms with van der Waals surface area (Å²) in [6.07, 6.45) is 0. The predicted octanol–water partition coefficient (Wildman–Crippen LogP) is 3.55. The third-order valence-corrected chi connectivity index (χ3v) is 6.83. The lowest BCUT2D eigenvalue weighted by atomic mass is 10.1. The summed E-state index contributed by atoms with van der Waals surface area (Å²) < 4.78 is 32.4. The number of rotatable bonds is 8. The molecule has 0 aliphatic carbocycles. The van der Waals surface area contributed by atoms with Gasteiger partial charge in [-0.25, -0.2) is 13.2 Å². The Morgan fingerprint density at radius 2 is 1.55 bits per heavy atom. The zero-order valence-corrected chi connectivity index (χ0v) is 18.0. The highest BCUT2D eigenvalue weighted by Gasteiger charge is 2.21. The van der Waals surface area contributed by atoms with Crippen LogP contribution in [0.4, 0.5) is 11.4 Å². The Kier molecular flexibility index (Phi) is 6.83. The number of thiophene rings is 1. The first kappa shape index (κ1) is 22.2. The Morgan fingerprint density at radius 3 is 2.19 bits per heavy atom. The smallest absolute Gasteiger partial charge is 0.340 e. The van der Waals surface area contributed by atoms with Gasteiger partial charge in [0.05, 0.1) is 16.9 Å². The molecule has 3 rings (SSSR count). The number of esters is 1. The normalized spacial score (nSPS) is 10.9. The summed E-state index contributed by atoms with van der Waals surface area (Å²) in [4.78, 5) is 36.3. The van der Waals surface area contributed by atoms with E-state index in [1.165, 1.54) is 25.1 Å². The molecule has 1 heterocycles. The molecule has 2 N–H and O–H groups in total. The molecule has 1 amide bonds. The molecule has 10 heteroatoms. The molecule has 8 nitrogen and oxygen atoms in total. The fraction of sp³-hybridized carbons (Fsp3) is 0.0952. The Balaban J connectivity index is 1.68. The minimum Gasteiger partial charge on any atom is -0.452 e. The molecule has 0 spiro atoms. The average molecular weight is 459 g/mol. The summed E-state index contributed by atoms with van der Waals surface area (Å²) in [5.41, 5.74) is 0.624. The first-order valence-corrected chi connectivity index (χ1v) is 11.4. The molecule has 0 radical (unpaired) electrons. The maximum absolute atomic E-state index is 12.5. The van der Waals surface area contributed by atoms with Gasteiger partial charge in [-0.05, 0) is 42.6 Å². The van der Waals surface area contributed by atoms with Gasteiger partial charge in [0.2, 0.25) is 0 Å². The van der Waals surface area contributed by atoms with Crippen LogP contribution in [-0.4, -0.2) is 32.7 Å². The van der Waals surface area contributed by atoms with Gasteiger partial charge in [0.15, 0.2) is 12.4 Å². The van der Waals surface area contributed by atoms with Crippen LogP contribution in [0, 0.1) is 0 Å². The highest BCUT2D eigenvalue weighted by molar-refractivity contribution is 7.94. The second-order valence-electron chi connectivity index (χ2n) is 6.31. The van der Waals surface area contributed by atoms with E-state index in [0.29, 0.717) is 11.3 Å². The number of nitrogens with one attached hydrogen (secondary N) is 2. The fourth-order valence-corrected chi connectivity index (χ4v) is 4.73. The lowest BCUT2D eigenvalue weighted by Crippen LogP contribution is -2.22. The Bertz CT molecular complexity index is 1220. The second kappa shape index (κ2) is 9.54. The second-order valence-corrected chi connectivity index (χ2v) is 9.17. The van der Waals surface area contributed by atoms with Crippen molar-refractivity contribution in [1.29, 1.82) is 0 Å². The molecule has 2 aromatic carbocycles. The van der Waals surface area contributed by atoms with Crippen molar-refractivity contribution in [2.75, 3.05) is 16.6 Å². The fourth-order valence-electron chi connectivity index (χ4n) is 2.66. The molecular weight excluding hydrogens is 440 g/mol. The molecule has 160 valence electrons. The standard InChI is InChI=1S/C21H18N2O6S2/c1-14(24)15-7-2-4-9-17(15)22-19(25)13-29-21(26)16-8-3-5-10-18(16)23-31(27,28)20-11-6-12-30-20/h2-12,23H,13H2,1H3,(H,22,25). The number of hydrogen-bond donors (Lipinski definition) is 2. The van der Waals surface area contributed by atoms with Crippen LogP contribution in [0.2, 0.25) is 0 Å². The largest absolute Gasteiger partial charge is 0.452 e. The molecule has 31 heavy (non-hydrogen) atoms. The van der Waals surface area contributed by atoms with Crippen LogP contribution < -0.4 is 10.0 Å². The topological polar surface area (TPSA) is 119 Å². The van der Waals surface area contributed by atoms with E-state index in [0.717, 1.165) is 11.3 Å². The zero-order chi connectivity index (χ0) is 22.4. The summed E-state index contributed by atoms with van der Waals surface area (Å²) >= 11 is 1.04. The van der Waals surface area contributed by atoms with E-state index < -0.39 is 28.5 Å². The first-order valence-electron chi connectivity index (χ1n) is 9.00. The van der Waals surface area contributed by atoms with Crippen molar-refractivity contribution < 1.29 is 27.5 Å². The predicted molar refractivity (Wildman–Crippen MR) is 117 cm³/mol. The van der Waals surface area contributed by atoms with E-state index in [1.807, 2.05) is 0 Å². The third kappa shape index (κ3) is 5.56. The van der Waals surface area contributed by atoms with Crippen LogP contribution in [0.25, 0.3) is 0 Å². The van der Waals surface area contributed by atoms with Gasteiger partial charge < -0.3 is 10.1 Å². The molecule has 0 atom stereocenters. The van der Waals surface area contributed by atoms with Gasteiger partial charge >= 0.3 is 5.97 Å². The van der Waals surface area contributed by atoms with E-state index in [9.17, 15) is 22.8 Å². The lowest BCUT2D eigenvalue weighted by molar-refractivity contribution is -0.119. The van der Waals surface area contributed by atoms with Crippen LogP contribution >= 0.6 is 11.3 Å². The molecule has 0 unspecified atom stereocenters. The number of carbonyl (C=O) groups is 3. The van der Waals surface area contributed by atoms with E-state index in [1.54, 1.807) is 47.8 Å². The number of amides is 1. The third-order valence-electron chi connectivity index (χ3n) is 4.07. The number of ether oxygens (including phenoxy) is 1. The van der Waals surface area contributed by atoms with E-state index in [2.05, 4.69) is 10.0 Å². The zero-order valence-electron chi connectivity index (χ0n) is 16.3. The first-order chi connectivity index (χ1) is 14.8. The summed E-state index contributed by atoms with van der Waals surface area (Å²) in [6.45, 7) is 0.760. The molecule has 0 aliphatic rings. The monoisotopic (exact) mass is 458 g/mol. The van der Waals surface area contributed by atoms with Gasteiger partial charge in [-0.3, -0.25) is 14.3 Å². The summed E-state index contributed by atoms with van der Waals surface area (Å²) in [7, 11) is -3.86. The number of para-hydroxylation sites is 2. The van der Waals surface area contributed by atoms with Crippen molar-refractivity contribution in [1.82, 2.24) is 0 Å². The van der Waals surface area contributed by atoms with Gasteiger partial charge in [-0.2, -0.15) is 0 Å². The summed E-state index contributed by atoms with van der Waals surface area (Å²) in [6, 6.07) is 15.4. The van der Waals surface area contributed by atoms with Crippen LogP contribution in [0.15, 0.2) is 70.3 Å². The number of carbonyl (C=O) groups excluding carboxylic acids is 3. The minimum absolute atomic E-state index is 0.0308. The average Bonchev–Trinajstić information content (AvgIpc) is 3.28. The molecule has 0 saturated heterocycles. The van der Waals surface area contributed by atoms with Crippen molar-refractivity contribution in [3.63, 3.8) is 0 Å². The quantitative estimate of drug-likeness (QED) is 0.394. The molecule has 0 bridgehead atoms. The Labute approximate surface area is 182 Å². The molecule has 3 aromatic rings. The van der Waals surface area contributed by atoms with Crippen molar-refractivity contribution in [3.8, 4) is 0 Å². The van der Waals surface area contributed by atoms with Gasteiger partial charge in [-0.15, -0.1) is 11.3 Å². The van der Waals surface area contributed by atoms with Crippen molar-refractivity contribution >= 4 is 50.4 Å². The number of benzene rings is 2. The van der Waals surface area contributed by atoms with Gasteiger partial charge in [-0.1, -0.05) is 30.3 Å². The van der Waals surface area contributed by atoms with E-state index >= 15 is 0 Å². The molecule has 0 aliphatic heterocycles. The van der Waals surface area contributed by atoms with Crippen molar-refractivity contribution in [2.24, 2.45) is 0 Å². The molecular formula is C21H18N2O6S2. The number of Topliss-reactive ketones (excluding diaryl/α,β-unsaturated/α-hetero) is 1. The van der Waals surface area contributed by atoms with E-state index in [-0.39, 0.29) is 21.2 Å². The number of sulfonamides is 1. The number of ketones is 1. The summed E-state index contributed by atoms with van der Waals surface area (Å²) in [5, 5.41) is 4.15. The summed E-state index contributed by atoms with van der Waals surface area (Å²) in [5.74, 6) is -1.74. The number of anilines is 2. The molecule has 1 aromatic heterocycles. The Hall–Kier alpha value is -3.50. The Morgan fingerprint density at radius 1 is 0.903 bits per heavy atom. The van der Waals surface area contributed by atoms with Gasteiger partial charge in [0, 0.05) is 5.56 Å². The lowest BCUT2D eigenvalue weighted by Gasteiger charge is -2.12. The van der Waals surface area contributed by atoms with Crippen LogP contribution in [0.1, 0.15) is 27.6 Å². The van der Waals surface area contributed by atoms with Crippen molar-refractivity contribution in [2.45, 2.75) is 11.1 Å². The highest BCUT2D eigenvalue weighted by atomic mass is 32.2. The van der Waals surface area contributed by atoms with Crippen LogP contribution in [-0.2, 0) is 19.6 Å². The van der Waals surface area contributed by atoms with E-state index in [4.69, 9.17) is 4.74 Å². The maximum Gasteiger partial charge on any atom is 0.340 e. The minimum atomic E-state index is -3.86. The highest BCUT2D eigenvalue weighted by Crippen LogP contribution is 2.23. The SMILES string of the molecule is CC(=O)c1ccccc1NC(=O)COC(=O)c1ccccc1NS(=O)(=O)c1cccs1.